The summed E-state index contributed by atoms with van der Waals surface area (Å²) in [7, 11) is -2.61. The standard InChI is InChI=1S/C16H23NO6S/c1-16(2,3)23-15(19)17-12(14(18)22-4)13(24(5,20)21)11-9-7-6-8-10-11/h6-10,12-13H,1-5H3,(H,17,19). The summed E-state index contributed by atoms with van der Waals surface area (Å²) in [5.41, 5.74) is -0.426. The molecule has 0 aliphatic rings. The first-order chi connectivity index (χ1) is 11.0. The Hall–Kier alpha value is -2.09. The molecular weight excluding hydrogens is 334 g/mol. The van der Waals surface area contributed by atoms with E-state index in [0.29, 0.717) is 5.56 Å². The fourth-order valence-electron chi connectivity index (χ4n) is 2.15. The van der Waals surface area contributed by atoms with E-state index in [0.717, 1.165) is 13.4 Å². The predicted molar refractivity (Wildman–Crippen MR) is 89.2 cm³/mol. The molecule has 0 radical (unpaired) electrons. The Bertz CT molecular complexity index is 678. The molecule has 0 aromatic heterocycles. The van der Waals surface area contributed by atoms with Gasteiger partial charge in [0.25, 0.3) is 0 Å². The molecule has 2 unspecified atom stereocenters. The van der Waals surface area contributed by atoms with Gasteiger partial charge in [-0.05, 0) is 26.3 Å². The molecule has 8 heteroatoms. The number of benzene rings is 1. The highest BCUT2D eigenvalue weighted by molar-refractivity contribution is 7.91. The van der Waals surface area contributed by atoms with Gasteiger partial charge in [0.1, 0.15) is 10.9 Å². The second-order valence-corrected chi connectivity index (χ2v) is 8.47. The van der Waals surface area contributed by atoms with Crippen LogP contribution >= 0.6 is 0 Å². The largest absolute Gasteiger partial charge is 0.467 e. The van der Waals surface area contributed by atoms with Crippen molar-refractivity contribution in [3.05, 3.63) is 35.9 Å². The number of nitrogens with one attached hydrogen (secondary N) is 1. The highest BCUT2D eigenvalue weighted by Gasteiger charge is 2.39. The SMILES string of the molecule is COC(=O)C(NC(=O)OC(C)(C)C)C(c1ccccc1)S(C)(=O)=O. The molecule has 0 bridgehead atoms. The van der Waals surface area contributed by atoms with Crippen molar-refractivity contribution in [3.63, 3.8) is 0 Å². The first kappa shape index (κ1) is 20.0. The number of hydrogen-bond acceptors (Lipinski definition) is 6. The molecular formula is C16H23NO6S. The van der Waals surface area contributed by atoms with E-state index in [-0.39, 0.29) is 0 Å². The Morgan fingerprint density at radius 1 is 1.12 bits per heavy atom. The minimum atomic E-state index is -3.73. The van der Waals surface area contributed by atoms with E-state index in [4.69, 9.17) is 4.74 Å². The molecule has 0 aliphatic carbocycles. The topological polar surface area (TPSA) is 98.8 Å². The lowest BCUT2D eigenvalue weighted by atomic mass is 10.1. The van der Waals surface area contributed by atoms with Crippen LogP contribution in [0.2, 0.25) is 0 Å². The van der Waals surface area contributed by atoms with E-state index < -0.39 is 38.8 Å². The molecule has 1 N–H and O–H groups in total. The summed E-state index contributed by atoms with van der Waals surface area (Å²) in [6.07, 6.45) is 0.0969. The Morgan fingerprint density at radius 2 is 1.67 bits per heavy atom. The normalized spacial score (nSPS) is 14.4. The lowest BCUT2D eigenvalue weighted by Crippen LogP contribution is -2.49. The molecule has 7 nitrogen and oxygen atoms in total. The summed E-state index contributed by atoms with van der Waals surface area (Å²) in [6.45, 7) is 4.97. The first-order valence-corrected chi connectivity index (χ1v) is 9.22. The third-order valence-electron chi connectivity index (χ3n) is 3.02. The van der Waals surface area contributed by atoms with Gasteiger partial charge < -0.3 is 14.8 Å². The van der Waals surface area contributed by atoms with Crippen LogP contribution in [0.5, 0.6) is 0 Å². The predicted octanol–water partition coefficient (Wildman–Crippen LogP) is 1.84. The molecule has 0 aliphatic heterocycles. The van der Waals surface area contributed by atoms with Crippen LogP contribution in [0.15, 0.2) is 30.3 Å². The number of methoxy groups -OCH3 is 1. The number of carbonyl (C=O) groups excluding carboxylic acids is 2. The third-order valence-corrected chi connectivity index (χ3v) is 4.49. The van der Waals surface area contributed by atoms with E-state index in [2.05, 4.69) is 10.1 Å². The molecule has 1 aromatic rings. The lowest BCUT2D eigenvalue weighted by Gasteiger charge is -2.27. The van der Waals surface area contributed by atoms with E-state index >= 15 is 0 Å². The number of ether oxygens (including phenoxy) is 2. The molecule has 1 rings (SSSR count). The summed E-state index contributed by atoms with van der Waals surface area (Å²) in [5, 5.41) is 1.02. The maximum Gasteiger partial charge on any atom is 0.408 e. The summed E-state index contributed by atoms with van der Waals surface area (Å²) in [4.78, 5) is 24.1. The minimum absolute atomic E-state index is 0.367. The molecule has 0 fully saturated rings. The van der Waals surface area contributed by atoms with Crippen molar-refractivity contribution in [3.8, 4) is 0 Å². The fourth-order valence-corrected chi connectivity index (χ4v) is 3.47. The number of amides is 1. The van der Waals surface area contributed by atoms with Crippen LogP contribution in [0, 0.1) is 0 Å². The summed E-state index contributed by atoms with van der Waals surface area (Å²) < 4.78 is 34.3. The van der Waals surface area contributed by atoms with Gasteiger partial charge in [0.15, 0.2) is 15.9 Å². The number of esters is 1. The van der Waals surface area contributed by atoms with Crippen molar-refractivity contribution in [1.29, 1.82) is 0 Å². The van der Waals surface area contributed by atoms with Crippen molar-refractivity contribution in [2.45, 2.75) is 37.7 Å². The Morgan fingerprint density at radius 3 is 2.08 bits per heavy atom. The van der Waals surface area contributed by atoms with Crippen molar-refractivity contribution in [1.82, 2.24) is 5.32 Å². The first-order valence-electron chi connectivity index (χ1n) is 7.27. The molecule has 0 spiro atoms. The monoisotopic (exact) mass is 357 g/mol. The van der Waals surface area contributed by atoms with Gasteiger partial charge in [0.2, 0.25) is 0 Å². The van der Waals surface area contributed by atoms with E-state index in [1.165, 1.54) is 0 Å². The molecule has 0 saturated heterocycles. The second-order valence-electron chi connectivity index (χ2n) is 6.31. The molecule has 134 valence electrons. The van der Waals surface area contributed by atoms with Gasteiger partial charge in [0.05, 0.1) is 7.11 Å². The quantitative estimate of drug-likeness (QED) is 0.807. The van der Waals surface area contributed by atoms with Gasteiger partial charge in [-0.25, -0.2) is 18.0 Å². The average molecular weight is 357 g/mol. The van der Waals surface area contributed by atoms with Crippen molar-refractivity contribution in [2.75, 3.05) is 13.4 Å². The second kappa shape index (κ2) is 7.65. The molecule has 0 saturated carbocycles. The van der Waals surface area contributed by atoms with E-state index in [1.54, 1.807) is 51.1 Å². The van der Waals surface area contributed by atoms with Crippen LogP contribution in [-0.4, -0.2) is 45.5 Å². The number of hydrogen-bond donors (Lipinski definition) is 1. The average Bonchev–Trinajstić information content (AvgIpc) is 2.43. The van der Waals surface area contributed by atoms with Gasteiger partial charge in [-0.3, -0.25) is 0 Å². The van der Waals surface area contributed by atoms with Crippen molar-refractivity contribution >= 4 is 21.9 Å². The highest BCUT2D eigenvalue weighted by atomic mass is 32.2. The third kappa shape index (κ3) is 5.84. The van der Waals surface area contributed by atoms with Gasteiger partial charge in [-0.1, -0.05) is 30.3 Å². The van der Waals surface area contributed by atoms with Crippen LogP contribution < -0.4 is 5.32 Å². The zero-order chi connectivity index (χ0) is 18.5. The molecule has 1 aromatic carbocycles. The zero-order valence-electron chi connectivity index (χ0n) is 14.4. The minimum Gasteiger partial charge on any atom is -0.467 e. The van der Waals surface area contributed by atoms with Crippen LogP contribution in [0.1, 0.15) is 31.6 Å². The maximum atomic E-state index is 12.3. The van der Waals surface area contributed by atoms with Crippen LogP contribution in [-0.2, 0) is 24.1 Å². The van der Waals surface area contributed by atoms with Crippen LogP contribution in [0.25, 0.3) is 0 Å². The van der Waals surface area contributed by atoms with E-state index in [1.807, 2.05) is 0 Å². The lowest BCUT2D eigenvalue weighted by molar-refractivity contribution is -0.143. The molecule has 1 amide bonds. The Kier molecular flexibility index (Phi) is 6.36. The Labute approximate surface area is 142 Å². The summed E-state index contributed by atoms with van der Waals surface area (Å²) in [6, 6.07) is 6.72. The van der Waals surface area contributed by atoms with Gasteiger partial charge in [-0.15, -0.1) is 0 Å². The van der Waals surface area contributed by atoms with Gasteiger partial charge in [0, 0.05) is 6.26 Å². The van der Waals surface area contributed by atoms with Crippen molar-refractivity contribution in [2.24, 2.45) is 0 Å². The summed E-state index contributed by atoms with van der Waals surface area (Å²) in [5.74, 6) is -0.875. The molecule has 0 heterocycles. The number of alkyl carbamates (subject to hydrolysis) is 1. The zero-order valence-corrected chi connectivity index (χ0v) is 15.2. The smallest absolute Gasteiger partial charge is 0.408 e. The Balaban J connectivity index is 3.25. The molecule has 24 heavy (non-hydrogen) atoms. The number of rotatable bonds is 5. The van der Waals surface area contributed by atoms with Crippen LogP contribution in [0.4, 0.5) is 4.79 Å². The summed E-state index contributed by atoms with van der Waals surface area (Å²) >= 11 is 0. The maximum absolute atomic E-state index is 12.3. The number of sulfone groups is 1. The highest BCUT2D eigenvalue weighted by Crippen LogP contribution is 2.26. The fraction of sp³-hybridized carbons (Fsp3) is 0.500. The van der Waals surface area contributed by atoms with Crippen LogP contribution in [0.3, 0.4) is 0 Å². The van der Waals surface area contributed by atoms with Gasteiger partial charge >= 0.3 is 12.1 Å². The van der Waals surface area contributed by atoms with E-state index in [9.17, 15) is 18.0 Å². The number of carbonyl (C=O) groups is 2. The molecule has 2 atom stereocenters. The van der Waals surface area contributed by atoms with Gasteiger partial charge in [-0.2, -0.15) is 0 Å². The van der Waals surface area contributed by atoms with Crippen molar-refractivity contribution < 1.29 is 27.5 Å².